The zero-order chi connectivity index (χ0) is 30.8. The first-order valence-corrected chi connectivity index (χ1v) is 21.6. The predicted molar refractivity (Wildman–Crippen MR) is 117 cm³/mol. The largest absolute Gasteiger partial charge is 1.00 e. The van der Waals surface area contributed by atoms with Gasteiger partial charge in [-0.25, -0.2) is 0 Å². The van der Waals surface area contributed by atoms with Crippen LogP contribution in [0.3, 0.4) is 0 Å². The molecule has 16 N–H and O–H groups in total. The summed E-state index contributed by atoms with van der Waals surface area (Å²) < 4.78 is 78.8. The van der Waals surface area contributed by atoms with Crippen LogP contribution in [0.4, 0.5) is 0 Å². The maximum atomic E-state index is 9.85. The van der Waals surface area contributed by atoms with Gasteiger partial charge in [0.05, 0.1) is 0 Å². The molecule has 0 bridgehead atoms. The molecule has 0 heterocycles. The molecule has 0 aliphatic heterocycles. The quantitative estimate of drug-likeness (QED) is 0.0813. The second-order valence-electron chi connectivity index (χ2n) is 5.88. The molecule has 0 spiro atoms. The molecular weight excluding hydrogens is 719 g/mol. The van der Waals surface area contributed by atoms with E-state index in [1.807, 2.05) is 0 Å². The summed E-state index contributed by atoms with van der Waals surface area (Å²) >= 11 is 0. The minimum Gasteiger partial charge on any atom is -1.00 e. The van der Waals surface area contributed by atoms with Crippen LogP contribution in [0.5, 0.6) is 0 Å². The summed E-state index contributed by atoms with van der Waals surface area (Å²) in [6.07, 6.45) is 0. The van der Waals surface area contributed by atoms with Gasteiger partial charge in [-0.3, -0.25) is 36.5 Å². The monoisotopic (exact) mass is 744 g/mol. The first kappa shape index (κ1) is 49.5. The Kier molecular flexibility index (Phi) is 24.7. The van der Waals surface area contributed by atoms with Gasteiger partial charge in [-0.2, -0.15) is 0 Å². The summed E-state index contributed by atoms with van der Waals surface area (Å²) in [4.78, 5) is 128. The van der Waals surface area contributed by atoms with Crippen LogP contribution in [-0.4, -0.2) is 102 Å². The zero-order valence-corrected chi connectivity index (χ0v) is 28.1. The fraction of sp³-hybridized carbons (Fsp3) is 1.00. The summed E-state index contributed by atoms with van der Waals surface area (Å²) in [5, 5.41) is 0. The molecule has 226 valence electrons. The minimum absolute atomic E-state index is 0. The molecule has 0 aromatic carbocycles. The summed E-state index contributed by atoms with van der Waals surface area (Å²) in [7, 11) is -36.4. The molecule has 0 saturated carbocycles. The number of rotatable bonds is 8. The average Bonchev–Trinajstić information content (AvgIpc) is 2.19. The summed E-state index contributed by atoms with van der Waals surface area (Å²) in [6, 6.07) is 0. The van der Waals surface area contributed by atoms with Crippen molar-refractivity contribution in [2.75, 3.05) is 23.6 Å². The van der Waals surface area contributed by atoms with E-state index in [4.69, 9.17) is 78.3 Å². The minimum atomic E-state index is -4.55. The van der Waals surface area contributed by atoms with Gasteiger partial charge < -0.3 is 79.7 Å². The van der Waals surface area contributed by atoms with Crippen LogP contribution >= 0.6 is 60.8 Å². The van der Waals surface area contributed by atoms with Crippen molar-refractivity contribution in [3.8, 4) is 0 Å². The molecule has 0 atom stereocenters. The number of hydrogen-bond donors (Lipinski definition) is 16. The maximum Gasteiger partial charge on any atom is 1.00 e. The van der Waals surface area contributed by atoms with Gasteiger partial charge in [0.1, 0.15) is 0 Å². The molecule has 37 heavy (non-hydrogen) atoms. The van der Waals surface area contributed by atoms with Crippen molar-refractivity contribution >= 4 is 60.8 Å². The van der Waals surface area contributed by atoms with E-state index in [1.165, 1.54) is 0 Å². The fourth-order valence-corrected chi connectivity index (χ4v) is 8.64. The van der Waals surface area contributed by atoms with Crippen LogP contribution in [0.15, 0.2) is 0 Å². The smallest absolute Gasteiger partial charge is 1.00 e. The third-order valence-electron chi connectivity index (χ3n) is 1.47. The normalized spacial score (nSPS) is 13.4. The molecule has 0 aliphatic rings. The molecule has 0 aromatic rings. The molecule has 0 rings (SSSR count). The molecule has 33 heteroatoms. The average molecular weight is 744 g/mol. The standard InChI is InChI=1S/4CH6O6P2.K.H/c4*2-8(3,4)1-9(5,6)7;;/h4*1H2,(H2,2,3,4)(H2,5,6,7);;/q;;;;+1;-1. The maximum absolute atomic E-state index is 9.85. The second-order valence-corrected chi connectivity index (χ2v) is 21.0. The SMILES string of the molecule is O=P(O)(O)CP(=O)(O)O.O=P(O)(O)CP(=O)(O)O.O=P(O)(O)CP(=O)(O)O.O=P(O)(O)CP(=O)(O)O.[H-].[K+]. The van der Waals surface area contributed by atoms with Crippen LogP contribution in [0.1, 0.15) is 1.43 Å². The first-order valence-electron chi connectivity index (χ1n) is 7.19. The van der Waals surface area contributed by atoms with E-state index in [0.29, 0.717) is 0 Å². The van der Waals surface area contributed by atoms with Gasteiger partial charge >= 0.3 is 112 Å². The van der Waals surface area contributed by atoms with Gasteiger partial charge in [-0.15, -0.1) is 0 Å². The van der Waals surface area contributed by atoms with E-state index in [0.717, 1.165) is 0 Å². The molecule has 0 fully saturated rings. The van der Waals surface area contributed by atoms with Crippen molar-refractivity contribution in [1.82, 2.24) is 0 Å². The van der Waals surface area contributed by atoms with Gasteiger partial charge in [-0.1, -0.05) is 0 Å². The number of hydrogen-bond acceptors (Lipinski definition) is 8. The molecule has 0 aromatic heterocycles. The summed E-state index contributed by atoms with van der Waals surface area (Å²) in [5.41, 5.74) is 0. The third kappa shape index (κ3) is 73.2. The van der Waals surface area contributed by atoms with Crippen molar-refractivity contribution in [1.29, 1.82) is 0 Å². The van der Waals surface area contributed by atoms with Crippen molar-refractivity contribution in [2.24, 2.45) is 0 Å². The van der Waals surface area contributed by atoms with Crippen molar-refractivity contribution in [2.45, 2.75) is 0 Å². The van der Waals surface area contributed by atoms with Gasteiger partial charge in [0.15, 0.2) is 23.6 Å². The van der Waals surface area contributed by atoms with Crippen LogP contribution in [-0.2, 0) is 36.5 Å². The van der Waals surface area contributed by atoms with Crippen LogP contribution in [0, 0.1) is 0 Å². The molecule has 0 radical (unpaired) electrons. The Morgan fingerprint density at radius 2 is 0.324 bits per heavy atom. The van der Waals surface area contributed by atoms with E-state index >= 15 is 0 Å². The van der Waals surface area contributed by atoms with Crippen LogP contribution < -0.4 is 51.4 Å². The van der Waals surface area contributed by atoms with Gasteiger partial charge in [0, 0.05) is 0 Å². The fourth-order valence-electron chi connectivity index (χ4n) is 0.960. The van der Waals surface area contributed by atoms with Gasteiger partial charge in [0.2, 0.25) is 0 Å². The Bertz CT molecular complexity index is 787. The van der Waals surface area contributed by atoms with E-state index in [2.05, 4.69) is 0 Å². The van der Waals surface area contributed by atoms with Gasteiger partial charge in [-0.05, 0) is 0 Å². The summed E-state index contributed by atoms with van der Waals surface area (Å²) in [6.45, 7) is 0. The van der Waals surface area contributed by atoms with Crippen LogP contribution in [0.2, 0.25) is 0 Å². The summed E-state index contributed by atoms with van der Waals surface area (Å²) in [5.74, 6) is -5.50. The Morgan fingerprint density at radius 3 is 0.324 bits per heavy atom. The second kappa shape index (κ2) is 18.5. The van der Waals surface area contributed by atoms with Crippen molar-refractivity contribution < 1.29 is 168 Å². The van der Waals surface area contributed by atoms with E-state index < -0.39 is 84.4 Å². The molecule has 24 nitrogen and oxygen atoms in total. The third-order valence-corrected chi connectivity index (χ3v) is 13.3. The topological polar surface area (TPSA) is 460 Å². The van der Waals surface area contributed by atoms with Crippen molar-refractivity contribution in [3.05, 3.63) is 0 Å². The van der Waals surface area contributed by atoms with Gasteiger partial charge in [0.25, 0.3) is 0 Å². The zero-order valence-electron chi connectivity index (χ0n) is 18.8. The predicted octanol–water partition coefficient (Wildman–Crippen LogP) is -5.69. The molecule has 0 aliphatic carbocycles. The van der Waals surface area contributed by atoms with E-state index in [1.54, 1.807) is 0 Å². The Hall–Kier alpha value is 2.84. The van der Waals surface area contributed by atoms with Crippen LogP contribution in [0.25, 0.3) is 0 Å². The Labute approximate surface area is 250 Å². The Balaban J connectivity index is -0.0000000883. The molecule has 0 amide bonds. The molecule has 0 unspecified atom stereocenters. The Morgan fingerprint density at radius 1 is 0.270 bits per heavy atom. The first-order chi connectivity index (χ1) is 14.8. The molecular formula is C4H25KO24P8. The van der Waals surface area contributed by atoms with Crippen molar-refractivity contribution in [3.63, 3.8) is 0 Å². The van der Waals surface area contributed by atoms with E-state index in [-0.39, 0.29) is 52.8 Å². The van der Waals surface area contributed by atoms with E-state index in [9.17, 15) is 36.5 Å². The molecule has 0 saturated heterocycles.